The number of hydrogen-bond acceptors (Lipinski definition) is 17. The van der Waals surface area contributed by atoms with E-state index in [0.29, 0.717) is 106 Å². The molecule has 8 heterocycles. The van der Waals surface area contributed by atoms with Gasteiger partial charge in [-0.15, -0.1) is 0 Å². The largest absolute Gasteiger partial charge is 0.493 e. The highest BCUT2D eigenvalue weighted by atomic mass is 19.1. The number of carboxylic acids is 1. The lowest BCUT2D eigenvalue weighted by atomic mass is 10.00. The van der Waals surface area contributed by atoms with Crippen molar-refractivity contribution in [3.05, 3.63) is 208 Å². The Bertz CT molecular complexity index is 4270. The van der Waals surface area contributed by atoms with Crippen LogP contribution in [0.2, 0.25) is 0 Å². The van der Waals surface area contributed by atoms with Crippen molar-refractivity contribution in [3.63, 3.8) is 0 Å². The number of nitrogens with two attached hydrogens (primary N) is 1. The maximum atomic E-state index is 13.6. The molecule has 20 nitrogen and oxygen atoms in total. The number of anilines is 1. The molecule has 2 fully saturated rings. The van der Waals surface area contributed by atoms with E-state index in [9.17, 15) is 33.1 Å². The number of fused-ring (bicyclic) bond motifs is 2. The van der Waals surface area contributed by atoms with Gasteiger partial charge in [0.2, 0.25) is 5.43 Å². The van der Waals surface area contributed by atoms with Gasteiger partial charge in [-0.25, -0.2) is 18.6 Å². The normalized spacial score (nSPS) is 13.3. The van der Waals surface area contributed by atoms with Crippen molar-refractivity contribution < 1.29 is 61.4 Å². The van der Waals surface area contributed by atoms with Gasteiger partial charge in [0.1, 0.15) is 46.0 Å². The maximum Gasteiger partial charge on any atom is 0.341 e. The first kappa shape index (κ1) is 61.5. The monoisotopic (exact) mass is 1210 g/mol. The zero-order chi connectivity index (χ0) is 62.6. The molecule has 12 rings (SSSR count). The fraction of sp³-hybridized carbons (Fsp3) is 0.224. The Labute approximate surface area is 508 Å². The van der Waals surface area contributed by atoms with Crippen LogP contribution in [0.3, 0.4) is 0 Å². The molecule has 0 unspecified atom stereocenters. The van der Waals surface area contributed by atoms with Crippen molar-refractivity contribution in [1.29, 1.82) is 0 Å². The molecule has 2 aliphatic rings. The van der Waals surface area contributed by atoms with E-state index in [-0.39, 0.29) is 41.0 Å². The molecule has 4 aromatic carbocycles. The van der Waals surface area contributed by atoms with Crippen molar-refractivity contribution in [2.75, 3.05) is 60.6 Å². The lowest BCUT2D eigenvalue weighted by molar-refractivity contribution is 0.0674. The first-order chi connectivity index (χ1) is 43.2. The van der Waals surface area contributed by atoms with Crippen LogP contribution in [-0.2, 0) is 15.9 Å². The summed E-state index contributed by atoms with van der Waals surface area (Å²) in [4.78, 5) is 68.1. The Hall–Kier alpha value is -10.6. The summed E-state index contributed by atoms with van der Waals surface area (Å²) in [7, 11) is 6.30. The van der Waals surface area contributed by atoms with E-state index in [2.05, 4.69) is 19.9 Å². The predicted octanol–water partition coefficient (Wildman–Crippen LogP) is 11.9. The van der Waals surface area contributed by atoms with Gasteiger partial charge >= 0.3 is 5.97 Å². The summed E-state index contributed by atoms with van der Waals surface area (Å²) < 4.78 is 74.6. The van der Waals surface area contributed by atoms with Crippen LogP contribution in [0, 0.1) is 11.6 Å². The number of carboxylic acid groups (broad SMARTS) is 1. The number of aromatic carboxylic acids is 1. The molecule has 0 saturated carbocycles. The Balaban J connectivity index is 0.000000163. The molecule has 6 aromatic heterocycles. The van der Waals surface area contributed by atoms with E-state index in [0.717, 1.165) is 42.0 Å². The number of pyridine rings is 6. The van der Waals surface area contributed by atoms with Crippen LogP contribution in [0.1, 0.15) is 64.2 Å². The van der Waals surface area contributed by atoms with E-state index >= 15 is 0 Å². The number of carbonyl (C=O) groups excluding carboxylic acids is 1. The summed E-state index contributed by atoms with van der Waals surface area (Å²) in [6.07, 6.45) is 15.8. The number of carbonyl (C=O) groups is 2. The van der Waals surface area contributed by atoms with Gasteiger partial charge in [-0.1, -0.05) is 24.3 Å². The van der Waals surface area contributed by atoms with Crippen molar-refractivity contribution in [2.24, 2.45) is 0 Å². The zero-order valence-electron chi connectivity index (χ0n) is 48.9. The Morgan fingerprint density at radius 2 is 0.966 bits per heavy atom. The van der Waals surface area contributed by atoms with Crippen LogP contribution >= 0.6 is 0 Å². The molecule has 89 heavy (non-hydrogen) atoms. The highest BCUT2D eigenvalue weighted by Crippen LogP contribution is 2.39. The van der Waals surface area contributed by atoms with Gasteiger partial charge in [0.25, 0.3) is 0 Å². The second-order valence-electron chi connectivity index (χ2n) is 20.5. The number of aromatic nitrogens is 6. The number of hydrogen-bond donors (Lipinski definition) is 2. The number of benzene rings is 4. The Morgan fingerprint density at radius 1 is 0.539 bits per heavy atom. The summed E-state index contributed by atoms with van der Waals surface area (Å²) in [6, 6.07) is 28.9. The van der Waals surface area contributed by atoms with Gasteiger partial charge in [0, 0.05) is 115 Å². The average molecular weight is 1210 g/mol. The highest BCUT2D eigenvalue weighted by Gasteiger charge is 2.24. The minimum absolute atomic E-state index is 0.0630. The quantitative estimate of drug-likeness (QED) is 0.0853. The third-order valence-electron chi connectivity index (χ3n) is 14.9. The fourth-order valence-corrected chi connectivity index (χ4v) is 10.2. The number of ketones is 1. The van der Waals surface area contributed by atoms with Crippen LogP contribution in [0.5, 0.6) is 46.0 Å². The number of halogens is 2. The molecule has 0 radical (unpaired) electrons. The van der Waals surface area contributed by atoms with E-state index in [4.69, 9.17) is 43.6 Å². The van der Waals surface area contributed by atoms with Gasteiger partial charge in [-0.3, -0.25) is 29.3 Å². The van der Waals surface area contributed by atoms with Crippen molar-refractivity contribution in [2.45, 2.75) is 44.2 Å². The summed E-state index contributed by atoms with van der Waals surface area (Å²) >= 11 is 0. The SMILES string of the molecule is COc1cc2nccc(Oc3ccc(CC(=O)c4cn(C5CCOCC5)cc(-c5ccc(F)cc5)c4=O)nc3)c2cc1OC.COc1cc2nccc(Oc3ccc(N)nc3)c2cc1OC.O=C(O)c1cn(C2CCOCC2)cc(-c2ccc(F)cc2)c1=O. The first-order valence-electron chi connectivity index (χ1n) is 28.2. The number of nitrogens with zero attached hydrogens (tertiary/aromatic N) is 6. The number of ether oxygens (including phenoxy) is 8. The second-order valence-corrected chi connectivity index (χ2v) is 20.5. The van der Waals surface area contributed by atoms with Gasteiger partial charge in [-0.2, -0.15) is 0 Å². The summed E-state index contributed by atoms with van der Waals surface area (Å²) in [5, 5.41) is 10.9. The molecule has 2 saturated heterocycles. The molecule has 3 N–H and O–H groups in total. The van der Waals surface area contributed by atoms with Crippen LogP contribution < -0.4 is 45.0 Å². The molecule has 0 bridgehead atoms. The van der Waals surface area contributed by atoms with Crippen LogP contribution in [-0.4, -0.2) is 101 Å². The van der Waals surface area contributed by atoms with Crippen molar-refractivity contribution in [1.82, 2.24) is 29.1 Å². The summed E-state index contributed by atoms with van der Waals surface area (Å²) in [5.74, 6) is 2.60. The molecular formula is C67H61F2N7O13. The van der Waals surface area contributed by atoms with Crippen LogP contribution in [0.4, 0.5) is 14.6 Å². The molecule has 0 amide bonds. The molecule has 0 spiro atoms. The van der Waals surface area contributed by atoms with Crippen LogP contribution in [0.15, 0.2) is 168 Å². The second kappa shape index (κ2) is 28.3. The highest BCUT2D eigenvalue weighted by molar-refractivity contribution is 5.98. The van der Waals surface area contributed by atoms with Crippen LogP contribution in [0.25, 0.3) is 44.1 Å². The number of methoxy groups -OCH3 is 4. The number of nitrogen functional groups attached to an aromatic ring is 1. The van der Waals surface area contributed by atoms with Crippen molar-refractivity contribution >= 4 is 39.4 Å². The minimum atomic E-state index is -1.26. The lowest BCUT2D eigenvalue weighted by Crippen LogP contribution is -2.25. The van der Waals surface area contributed by atoms with Gasteiger partial charge in [-0.05, 0) is 110 Å². The Morgan fingerprint density at radius 3 is 1.38 bits per heavy atom. The maximum absolute atomic E-state index is 13.6. The standard InChI is InChI=1S/C34H30FN3O6.C17H16FNO4.C16H15N3O3/c1-41-32-16-26-29(17-33(32)42-2)36-12-9-31(26)44-25-8-7-23(37-18-25)15-30(39)28-20-38(24-10-13-43-14-11-24)19-27(34(28)40)21-3-5-22(35)6-4-21;18-12-3-1-11(2-4-12)14-9-19(13-5-7-23-8-6-13)10-15(16(14)20)17(21)22;1-20-14-7-11-12(8-15(14)21-2)18-6-5-13(11)22-10-3-4-16(17)19-9-10/h3-9,12,16-20,24H,10-11,13-15H2,1-2H3;1-4,9-10,13H,5-8H2,(H,21,22);3-9H,1-2H3,(H2,17,19). The van der Waals surface area contributed by atoms with Gasteiger partial charge in [0.05, 0.1) is 63.9 Å². The predicted molar refractivity (Wildman–Crippen MR) is 328 cm³/mol. The van der Waals surface area contributed by atoms with Crippen molar-refractivity contribution in [3.8, 4) is 68.2 Å². The Kier molecular flexibility index (Phi) is 19.6. The molecule has 2 aliphatic heterocycles. The topological polar surface area (TPSA) is 250 Å². The van der Waals surface area contributed by atoms with E-state index in [1.54, 1.807) is 131 Å². The third-order valence-corrected chi connectivity index (χ3v) is 14.9. The first-order valence-corrected chi connectivity index (χ1v) is 28.2. The molecule has 0 aliphatic carbocycles. The van der Waals surface area contributed by atoms with E-state index in [1.807, 2.05) is 16.7 Å². The molecule has 22 heteroatoms. The molecule has 10 aromatic rings. The molecule has 0 atom stereocenters. The smallest absolute Gasteiger partial charge is 0.341 e. The number of rotatable bonds is 16. The molecular weight excluding hydrogens is 1150 g/mol. The molecule has 456 valence electrons. The van der Waals surface area contributed by atoms with Gasteiger partial charge < -0.3 is 57.9 Å². The van der Waals surface area contributed by atoms with E-state index in [1.165, 1.54) is 48.8 Å². The summed E-state index contributed by atoms with van der Waals surface area (Å²) in [5.41, 5.74) is 7.95. The summed E-state index contributed by atoms with van der Waals surface area (Å²) in [6.45, 7) is 2.40. The number of Topliss-reactive ketones (excluding diaryl/α,β-unsaturated/α-hetero) is 1. The minimum Gasteiger partial charge on any atom is -0.493 e. The average Bonchev–Trinajstić information content (AvgIpc) is 3.31. The fourth-order valence-electron chi connectivity index (χ4n) is 10.2. The lowest BCUT2D eigenvalue weighted by Gasteiger charge is -2.26. The zero-order valence-corrected chi connectivity index (χ0v) is 48.9. The van der Waals surface area contributed by atoms with E-state index < -0.39 is 28.5 Å². The van der Waals surface area contributed by atoms with Gasteiger partial charge in [0.15, 0.2) is 34.2 Å². The third kappa shape index (κ3) is 14.6.